The van der Waals surface area contributed by atoms with Gasteiger partial charge in [-0.3, -0.25) is 9.10 Å². The van der Waals surface area contributed by atoms with Gasteiger partial charge in [-0.05, 0) is 48.0 Å². The molecule has 0 unspecified atom stereocenters. The number of hydrogen-bond acceptors (Lipinski definition) is 4. The molecule has 0 bridgehead atoms. The van der Waals surface area contributed by atoms with Crippen molar-refractivity contribution in [3.05, 3.63) is 88.9 Å². The maximum Gasteiger partial charge on any atom is 0.264 e. The minimum atomic E-state index is -3.92. The van der Waals surface area contributed by atoms with Gasteiger partial charge in [0.15, 0.2) is 0 Å². The smallest absolute Gasteiger partial charge is 0.264 e. The summed E-state index contributed by atoms with van der Waals surface area (Å²) in [6.07, 6.45) is 0. The van der Waals surface area contributed by atoms with Gasteiger partial charge in [0, 0.05) is 11.0 Å². The monoisotopic (exact) mass is 488 g/mol. The zero-order valence-electron chi connectivity index (χ0n) is 16.3. The largest absolute Gasteiger partial charge is 0.497 e. The number of halogens is 1. The summed E-state index contributed by atoms with van der Waals surface area (Å²) in [5.41, 5.74) is 1.27. The highest BCUT2D eigenvalue weighted by Gasteiger charge is 2.27. The molecule has 0 radical (unpaired) electrons. The lowest BCUT2D eigenvalue weighted by atomic mass is 10.2. The average molecular weight is 489 g/mol. The van der Waals surface area contributed by atoms with Gasteiger partial charge in [-0.25, -0.2) is 8.42 Å². The molecule has 156 valence electrons. The molecule has 3 rings (SSSR count). The molecule has 8 heteroatoms. The van der Waals surface area contributed by atoms with Crippen molar-refractivity contribution in [2.75, 3.05) is 18.0 Å². The number of nitrogens with zero attached hydrogens (tertiary/aromatic N) is 1. The summed E-state index contributed by atoms with van der Waals surface area (Å²) in [5, 5.41) is 2.78. The normalized spacial score (nSPS) is 11.0. The quantitative estimate of drug-likeness (QED) is 0.520. The van der Waals surface area contributed by atoms with Gasteiger partial charge >= 0.3 is 0 Å². The topological polar surface area (TPSA) is 75.7 Å². The number of carbonyl (C=O) groups excluding carboxylic acids is 1. The zero-order valence-corrected chi connectivity index (χ0v) is 18.7. The summed E-state index contributed by atoms with van der Waals surface area (Å²) in [6.45, 7) is -0.0651. The summed E-state index contributed by atoms with van der Waals surface area (Å²) in [6, 6.07) is 22.2. The van der Waals surface area contributed by atoms with Crippen LogP contribution < -0.4 is 14.4 Å². The Kier molecular flexibility index (Phi) is 7.12. The minimum Gasteiger partial charge on any atom is -0.497 e. The second kappa shape index (κ2) is 9.77. The SMILES string of the molecule is COc1ccc(CNC(=O)CN(c2cccc(Br)c2)S(=O)(=O)c2ccccc2)cc1. The second-order valence-electron chi connectivity index (χ2n) is 6.43. The predicted octanol–water partition coefficient (Wildman–Crippen LogP) is 3.97. The van der Waals surface area contributed by atoms with Crippen molar-refractivity contribution in [3.63, 3.8) is 0 Å². The number of hydrogen-bond donors (Lipinski definition) is 1. The van der Waals surface area contributed by atoms with E-state index >= 15 is 0 Å². The Bertz CT molecular complexity index is 1100. The van der Waals surface area contributed by atoms with Gasteiger partial charge < -0.3 is 10.1 Å². The number of nitrogens with one attached hydrogen (secondary N) is 1. The summed E-state index contributed by atoms with van der Waals surface area (Å²) < 4.78 is 33.4. The second-order valence-corrected chi connectivity index (χ2v) is 9.21. The first kappa shape index (κ1) is 21.9. The van der Waals surface area contributed by atoms with Gasteiger partial charge in [-0.15, -0.1) is 0 Å². The molecule has 0 saturated carbocycles. The average Bonchev–Trinajstić information content (AvgIpc) is 2.77. The number of amides is 1. The fourth-order valence-electron chi connectivity index (χ4n) is 2.80. The number of sulfonamides is 1. The van der Waals surface area contributed by atoms with Gasteiger partial charge in [0.1, 0.15) is 12.3 Å². The molecule has 0 atom stereocenters. The molecule has 0 saturated heterocycles. The Hall–Kier alpha value is -2.84. The van der Waals surface area contributed by atoms with Crippen molar-refractivity contribution in [1.29, 1.82) is 0 Å². The van der Waals surface area contributed by atoms with E-state index in [1.54, 1.807) is 61.7 Å². The molecule has 1 N–H and O–H groups in total. The fourth-order valence-corrected chi connectivity index (χ4v) is 4.62. The van der Waals surface area contributed by atoms with Crippen molar-refractivity contribution < 1.29 is 17.9 Å². The van der Waals surface area contributed by atoms with Crippen molar-refractivity contribution in [3.8, 4) is 5.75 Å². The van der Waals surface area contributed by atoms with E-state index in [9.17, 15) is 13.2 Å². The Morgan fingerprint density at radius 1 is 1.00 bits per heavy atom. The van der Waals surface area contributed by atoms with Gasteiger partial charge in [0.25, 0.3) is 10.0 Å². The Labute approximate surface area is 184 Å². The Balaban J connectivity index is 1.81. The summed E-state index contributed by atoms with van der Waals surface area (Å²) in [4.78, 5) is 12.8. The fraction of sp³-hybridized carbons (Fsp3) is 0.136. The molecular weight excluding hydrogens is 468 g/mol. The molecule has 0 heterocycles. The van der Waals surface area contributed by atoms with Crippen molar-refractivity contribution >= 4 is 37.5 Å². The third-order valence-corrected chi connectivity index (χ3v) is 6.64. The molecule has 0 fully saturated rings. The van der Waals surface area contributed by atoms with E-state index in [1.165, 1.54) is 12.1 Å². The van der Waals surface area contributed by atoms with Crippen LogP contribution in [0.25, 0.3) is 0 Å². The number of anilines is 1. The van der Waals surface area contributed by atoms with Crippen LogP contribution >= 0.6 is 15.9 Å². The lowest BCUT2D eigenvalue weighted by Crippen LogP contribution is -2.40. The third-order valence-electron chi connectivity index (χ3n) is 4.36. The van der Waals surface area contributed by atoms with Crippen molar-refractivity contribution in [2.24, 2.45) is 0 Å². The van der Waals surface area contributed by atoms with Crippen LogP contribution in [0.4, 0.5) is 5.69 Å². The molecule has 6 nitrogen and oxygen atoms in total. The van der Waals surface area contributed by atoms with Crippen LogP contribution in [0, 0.1) is 0 Å². The molecule has 1 amide bonds. The standard InChI is InChI=1S/C22H21BrN2O4S/c1-29-20-12-10-17(11-13-20)15-24-22(26)16-25(19-7-5-6-18(23)14-19)30(27,28)21-8-3-2-4-9-21/h2-14H,15-16H2,1H3,(H,24,26). The maximum absolute atomic E-state index is 13.2. The molecule has 3 aromatic carbocycles. The first-order chi connectivity index (χ1) is 14.4. The predicted molar refractivity (Wildman–Crippen MR) is 120 cm³/mol. The number of methoxy groups -OCH3 is 1. The van der Waals surface area contributed by atoms with E-state index in [2.05, 4.69) is 21.2 Å². The van der Waals surface area contributed by atoms with Crippen LogP contribution in [0.15, 0.2) is 88.2 Å². The minimum absolute atomic E-state index is 0.118. The van der Waals surface area contributed by atoms with Crippen LogP contribution in [0.2, 0.25) is 0 Å². The number of benzene rings is 3. The molecule has 3 aromatic rings. The number of ether oxygens (including phenoxy) is 1. The van der Waals surface area contributed by atoms with E-state index in [0.29, 0.717) is 10.2 Å². The highest BCUT2D eigenvalue weighted by atomic mass is 79.9. The van der Waals surface area contributed by atoms with E-state index in [0.717, 1.165) is 15.6 Å². The highest BCUT2D eigenvalue weighted by Crippen LogP contribution is 2.26. The third kappa shape index (κ3) is 5.40. The molecule has 0 spiro atoms. The molecule has 0 aliphatic carbocycles. The zero-order chi connectivity index (χ0) is 21.6. The van der Waals surface area contributed by atoms with E-state index in [4.69, 9.17) is 4.74 Å². The van der Waals surface area contributed by atoms with Crippen LogP contribution in [0.1, 0.15) is 5.56 Å². The van der Waals surface area contributed by atoms with Gasteiger partial charge in [0.2, 0.25) is 5.91 Å². The van der Waals surface area contributed by atoms with E-state index in [-0.39, 0.29) is 18.0 Å². The number of rotatable bonds is 8. The molecule has 0 aliphatic heterocycles. The van der Waals surface area contributed by atoms with Gasteiger partial charge in [-0.1, -0.05) is 52.3 Å². The van der Waals surface area contributed by atoms with Gasteiger partial charge in [-0.2, -0.15) is 0 Å². The lowest BCUT2D eigenvalue weighted by molar-refractivity contribution is -0.119. The lowest BCUT2D eigenvalue weighted by Gasteiger charge is -2.24. The summed E-state index contributed by atoms with van der Waals surface area (Å²) in [5.74, 6) is 0.310. The Morgan fingerprint density at radius 2 is 1.70 bits per heavy atom. The van der Waals surface area contributed by atoms with E-state index < -0.39 is 15.9 Å². The first-order valence-corrected chi connectivity index (χ1v) is 11.4. The van der Waals surface area contributed by atoms with Crippen molar-refractivity contribution in [2.45, 2.75) is 11.4 Å². The Morgan fingerprint density at radius 3 is 2.33 bits per heavy atom. The van der Waals surface area contributed by atoms with Crippen LogP contribution in [0.5, 0.6) is 5.75 Å². The van der Waals surface area contributed by atoms with Crippen LogP contribution in [0.3, 0.4) is 0 Å². The van der Waals surface area contributed by atoms with E-state index in [1.807, 2.05) is 12.1 Å². The van der Waals surface area contributed by atoms with Crippen LogP contribution in [-0.2, 0) is 21.4 Å². The maximum atomic E-state index is 13.2. The summed E-state index contributed by atoms with van der Waals surface area (Å²) >= 11 is 3.36. The highest BCUT2D eigenvalue weighted by molar-refractivity contribution is 9.10. The summed E-state index contributed by atoms with van der Waals surface area (Å²) in [7, 11) is -2.34. The molecule has 0 aromatic heterocycles. The van der Waals surface area contributed by atoms with Crippen molar-refractivity contribution in [1.82, 2.24) is 5.32 Å². The first-order valence-electron chi connectivity index (χ1n) is 9.13. The van der Waals surface area contributed by atoms with Gasteiger partial charge in [0.05, 0.1) is 17.7 Å². The number of carbonyl (C=O) groups is 1. The molecule has 0 aliphatic rings. The molecule has 30 heavy (non-hydrogen) atoms. The van der Waals surface area contributed by atoms with Crippen LogP contribution in [-0.4, -0.2) is 28.0 Å². The molecular formula is C22H21BrN2O4S.